The average molecular weight is 276 g/mol. The molecule has 2 N–H and O–H groups in total. The minimum absolute atomic E-state index is 0.000608. The number of hydrogen-bond donors (Lipinski definition) is 1. The monoisotopic (exact) mass is 276 g/mol. The third-order valence-corrected chi connectivity index (χ3v) is 3.86. The van der Waals surface area contributed by atoms with Gasteiger partial charge in [-0.25, -0.2) is 0 Å². The predicted molar refractivity (Wildman–Crippen MR) is 79.6 cm³/mol. The van der Waals surface area contributed by atoms with Crippen LogP contribution in [0.25, 0.3) is 0 Å². The molecule has 4 nitrogen and oxygen atoms in total. The van der Waals surface area contributed by atoms with E-state index in [1.165, 1.54) is 0 Å². The van der Waals surface area contributed by atoms with Crippen molar-refractivity contribution in [1.82, 2.24) is 4.90 Å². The van der Waals surface area contributed by atoms with Crippen LogP contribution in [0.5, 0.6) is 5.75 Å². The quantitative estimate of drug-likeness (QED) is 0.919. The molecule has 0 spiro atoms. The lowest BCUT2D eigenvalue weighted by atomic mass is 9.96. The van der Waals surface area contributed by atoms with Crippen LogP contribution in [-0.4, -0.2) is 30.0 Å². The lowest BCUT2D eigenvalue weighted by Gasteiger charge is -2.33. The molecule has 1 amide bonds. The summed E-state index contributed by atoms with van der Waals surface area (Å²) < 4.78 is 5.46. The highest BCUT2D eigenvalue weighted by atomic mass is 16.5. The number of hydrogen-bond acceptors (Lipinski definition) is 3. The molecule has 1 fully saturated rings. The van der Waals surface area contributed by atoms with E-state index in [2.05, 4.69) is 0 Å². The van der Waals surface area contributed by atoms with Crippen LogP contribution in [0.4, 0.5) is 0 Å². The SMILES string of the molecule is CCOc1ccc(C2C(N)CCCC(=O)N2CC)cc1. The largest absolute Gasteiger partial charge is 0.494 e. The van der Waals surface area contributed by atoms with Gasteiger partial charge in [-0.1, -0.05) is 12.1 Å². The Morgan fingerprint density at radius 1 is 1.30 bits per heavy atom. The van der Waals surface area contributed by atoms with E-state index in [-0.39, 0.29) is 18.0 Å². The molecular weight excluding hydrogens is 252 g/mol. The summed E-state index contributed by atoms with van der Waals surface area (Å²) >= 11 is 0. The number of rotatable bonds is 4. The number of carbonyl (C=O) groups excluding carboxylic acids is 1. The molecule has 1 heterocycles. The van der Waals surface area contributed by atoms with Gasteiger partial charge < -0.3 is 15.4 Å². The summed E-state index contributed by atoms with van der Waals surface area (Å²) in [5, 5.41) is 0. The molecule has 0 saturated carbocycles. The van der Waals surface area contributed by atoms with Gasteiger partial charge in [-0.2, -0.15) is 0 Å². The first-order valence-corrected chi connectivity index (χ1v) is 7.45. The molecule has 0 bridgehead atoms. The van der Waals surface area contributed by atoms with Crippen molar-refractivity contribution in [3.8, 4) is 5.75 Å². The predicted octanol–water partition coefficient (Wildman–Crippen LogP) is 2.49. The van der Waals surface area contributed by atoms with Gasteiger partial charge in [0, 0.05) is 19.0 Å². The van der Waals surface area contributed by atoms with Crippen molar-refractivity contribution in [3.05, 3.63) is 29.8 Å². The van der Waals surface area contributed by atoms with Crippen LogP contribution in [0.1, 0.15) is 44.7 Å². The van der Waals surface area contributed by atoms with Crippen LogP contribution in [-0.2, 0) is 4.79 Å². The Morgan fingerprint density at radius 2 is 2.00 bits per heavy atom. The van der Waals surface area contributed by atoms with Gasteiger partial charge in [-0.3, -0.25) is 4.79 Å². The summed E-state index contributed by atoms with van der Waals surface area (Å²) in [4.78, 5) is 14.1. The molecule has 110 valence electrons. The molecule has 0 aliphatic carbocycles. The van der Waals surface area contributed by atoms with Crippen molar-refractivity contribution in [3.63, 3.8) is 0 Å². The number of likely N-dealkylation sites (tertiary alicyclic amines) is 1. The Morgan fingerprint density at radius 3 is 2.60 bits per heavy atom. The highest BCUT2D eigenvalue weighted by molar-refractivity contribution is 5.77. The maximum Gasteiger partial charge on any atom is 0.223 e. The minimum atomic E-state index is -0.0225. The number of amides is 1. The summed E-state index contributed by atoms with van der Waals surface area (Å²) in [6.07, 6.45) is 2.37. The van der Waals surface area contributed by atoms with Gasteiger partial charge in [0.2, 0.25) is 5.91 Å². The molecule has 4 heteroatoms. The molecular formula is C16H24N2O2. The molecule has 2 rings (SSSR count). The Balaban J connectivity index is 2.27. The maximum absolute atomic E-state index is 12.2. The molecule has 20 heavy (non-hydrogen) atoms. The van der Waals surface area contributed by atoms with Crippen LogP contribution in [0.2, 0.25) is 0 Å². The highest BCUT2D eigenvalue weighted by Gasteiger charge is 2.31. The van der Waals surface area contributed by atoms with Crippen LogP contribution >= 0.6 is 0 Å². The first kappa shape index (κ1) is 14.9. The summed E-state index contributed by atoms with van der Waals surface area (Å²) in [6.45, 7) is 5.33. The smallest absolute Gasteiger partial charge is 0.223 e. The normalized spacial score (nSPS) is 23.6. The average Bonchev–Trinajstić information content (AvgIpc) is 2.59. The van der Waals surface area contributed by atoms with E-state index in [1.54, 1.807) is 0 Å². The highest BCUT2D eigenvalue weighted by Crippen LogP contribution is 2.30. The summed E-state index contributed by atoms with van der Waals surface area (Å²) in [5.74, 6) is 1.06. The second-order valence-electron chi connectivity index (χ2n) is 5.18. The Hall–Kier alpha value is -1.55. The standard InChI is InChI=1S/C16H24N2O2/c1-3-18-15(19)7-5-6-14(17)16(18)12-8-10-13(11-9-12)20-4-2/h8-11,14,16H,3-7,17H2,1-2H3. The van der Waals surface area contributed by atoms with Crippen LogP contribution in [0.15, 0.2) is 24.3 Å². The fourth-order valence-corrected chi connectivity index (χ4v) is 2.90. The number of benzene rings is 1. The number of likely N-dealkylation sites (N-methyl/N-ethyl adjacent to an activating group) is 1. The van der Waals surface area contributed by atoms with Gasteiger partial charge in [-0.05, 0) is 44.4 Å². The van der Waals surface area contributed by atoms with Gasteiger partial charge in [-0.15, -0.1) is 0 Å². The molecule has 1 saturated heterocycles. The Labute approximate surface area is 120 Å². The van der Waals surface area contributed by atoms with E-state index in [0.717, 1.165) is 24.2 Å². The van der Waals surface area contributed by atoms with Crippen LogP contribution in [0, 0.1) is 0 Å². The molecule has 1 aromatic carbocycles. The number of carbonyl (C=O) groups is 1. The van der Waals surface area contributed by atoms with E-state index in [9.17, 15) is 4.79 Å². The van der Waals surface area contributed by atoms with Crippen molar-refractivity contribution in [2.75, 3.05) is 13.2 Å². The summed E-state index contributed by atoms with van der Waals surface area (Å²) in [7, 11) is 0. The zero-order chi connectivity index (χ0) is 14.5. The maximum atomic E-state index is 12.2. The Bertz CT molecular complexity index is 444. The zero-order valence-corrected chi connectivity index (χ0v) is 12.3. The van der Waals surface area contributed by atoms with Crippen molar-refractivity contribution >= 4 is 5.91 Å². The van der Waals surface area contributed by atoms with Crippen molar-refractivity contribution in [2.45, 2.75) is 45.2 Å². The topological polar surface area (TPSA) is 55.6 Å². The van der Waals surface area contributed by atoms with Gasteiger partial charge in [0.15, 0.2) is 0 Å². The molecule has 0 aromatic heterocycles. The fourth-order valence-electron chi connectivity index (χ4n) is 2.90. The molecule has 1 aliphatic heterocycles. The minimum Gasteiger partial charge on any atom is -0.494 e. The molecule has 1 aromatic rings. The van der Waals surface area contributed by atoms with Gasteiger partial charge in [0.1, 0.15) is 5.75 Å². The van der Waals surface area contributed by atoms with E-state index in [0.29, 0.717) is 19.6 Å². The third-order valence-electron chi connectivity index (χ3n) is 3.86. The van der Waals surface area contributed by atoms with Gasteiger partial charge in [0.25, 0.3) is 0 Å². The van der Waals surface area contributed by atoms with E-state index >= 15 is 0 Å². The first-order valence-electron chi connectivity index (χ1n) is 7.45. The van der Waals surface area contributed by atoms with E-state index < -0.39 is 0 Å². The lowest BCUT2D eigenvalue weighted by Crippen LogP contribution is -2.42. The second-order valence-corrected chi connectivity index (χ2v) is 5.18. The first-order chi connectivity index (χ1) is 9.67. The molecule has 2 atom stereocenters. The number of nitrogens with zero attached hydrogens (tertiary/aromatic N) is 1. The lowest BCUT2D eigenvalue weighted by molar-refractivity contribution is -0.133. The van der Waals surface area contributed by atoms with E-state index in [1.807, 2.05) is 43.0 Å². The summed E-state index contributed by atoms with van der Waals surface area (Å²) in [6, 6.07) is 7.93. The molecule has 0 radical (unpaired) electrons. The Kier molecular flexibility index (Phi) is 5.01. The number of nitrogens with two attached hydrogens (primary N) is 1. The fraction of sp³-hybridized carbons (Fsp3) is 0.562. The summed E-state index contributed by atoms with van der Waals surface area (Å²) in [5.41, 5.74) is 7.41. The zero-order valence-electron chi connectivity index (χ0n) is 12.3. The van der Waals surface area contributed by atoms with Crippen molar-refractivity contribution < 1.29 is 9.53 Å². The van der Waals surface area contributed by atoms with Crippen LogP contribution < -0.4 is 10.5 Å². The van der Waals surface area contributed by atoms with E-state index in [4.69, 9.17) is 10.5 Å². The van der Waals surface area contributed by atoms with Crippen molar-refractivity contribution in [2.24, 2.45) is 5.73 Å². The van der Waals surface area contributed by atoms with Gasteiger partial charge >= 0.3 is 0 Å². The molecule has 2 unspecified atom stereocenters. The third kappa shape index (κ3) is 3.12. The van der Waals surface area contributed by atoms with Crippen LogP contribution in [0.3, 0.4) is 0 Å². The second kappa shape index (κ2) is 6.75. The number of ether oxygens (including phenoxy) is 1. The van der Waals surface area contributed by atoms with Crippen molar-refractivity contribution in [1.29, 1.82) is 0 Å². The van der Waals surface area contributed by atoms with Gasteiger partial charge in [0.05, 0.1) is 12.6 Å². The molecule has 1 aliphatic rings.